The van der Waals surface area contributed by atoms with Gasteiger partial charge in [0.1, 0.15) is 19.0 Å². The van der Waals surface area contributed by atoms with Crippen molar-refractivity contribution in [2.75, 3.05) is 18.5 Å². The number of aryl methyl sites for hydroxylation is 1. The van der Waals surface area contributed by atoms with Crippen molar-refractivity contribution in [2.24, 2.45) is 0 Å². The fraction of sp³-hybridized carbons (Fsp3) is 0.235. The molecule has 0 aliphatic heterocycles. The number of hydrogen-bond donors (Lipinski definition) is 1. The Morgan fingerprint density at radius 2 is 1.92 bits per heavy atom. The molecule has 0 unspecified atom stereocenters. The van der Waals surface area contributed by atoms with Crippen molar-refractivity contribution in [1.82, 2.24) is 0 Å². The van der Waals surface area contributed by atoms with Gasteiger partial charge in [-0.2, -0.15) is 0 Å². The van der Waals surface area contributed by atoms with E-state index in [2.05, 4.69) is 5.32 Å². The Balaban J connectivity index is 1.71. The van der Waals surface area contributed by atoms with Gasteiger partial charge in [-0.3, -0.25) is 15.4 Å². The van der Waals surface area contributed by atoms with Crippen LogP contribution in [0.1, 0.15) is 12.5 Å². The van der Waals surface area contributed by atoms with Crippen LogP contribution in [0.2, 0.25) is 0 Å². The van der Waals surface area contributed by atoms with Crippen LogP contribution in [0.15, 0.2) is 48.5 Å². The van der Waals surface area contributed by atoms with Gasteiger partial charge in [0.2, 0.25) is 0 Å². The highest BCUT2D eigenvalue weighted by Gasteiger charge is 2.06. The number of non-ortho nitro benzene ring substituents is 1. The Morgan fingerprint density at radius 3 is 2.58 bits per heavy atom. The van der Waals surface area contributed by atoms with Gasteiger partial charge in [-0.05, 0) is 36.2 Å². The molecule has 0 saturated carbocycles. The normalized spacial score (nSPS) is 10.0. The zero-order valence-electron chi connectivity index (χ0n) is 13.2. The Morgan fingerprint density at radius 1 is 1.17 bits per heavy atom. The van der Waals surface area contributed by atoms with Gasteiger partial charge < -0.3 is 9.47 Å². The number of rotatable bonds is 7. The highest BCUT2D eigenvalue weighted by atomic mass is 16.6. The fourth-order valence-corrected chi connectivity index (χ4v) is 1.98. The van der Waals surface area contributed by atoms with Crippen LogP contribution in [0.3, 0.4) is 0 Å². The quantitative estimate of drug-likeness (QED) is 0.474. The van der Waals surface area contributed by atoms with E-state index in [1.165, 1.54) is 24.3 Å². The second-order valence-electron chi connectivity index (χ2n) is 4.91. The summed E-state index contributed by atoms with van der Waals surface area (Å²) in [5, 5.41) is 13.2. The predicted molar refractivity (Wildman–Crippen MR) is 89.4 cm³/mol. The van der Waals surface area contributed by atoms with Gasteiger partial charge >= 0.3 is 6.09 Å². The third-order valence-electron chi connectivity index (χ3n) is 3.21. The van der Waals surface area contributed by atoms with Gasteiger partial charge in [-0.1, -0.05) is 19.1 Å². The van der Waals surface area contributed by atoms with Crippen LogP contribution < -0.4 is 10.1 Å². The summed E-state index contributed by atoms with van der Waals surface area (Å²) in [7, 11) is 0. The lowest BCUT2D eigenvalue weighted by atomic mass is 10.1. The molecule has 2 aromatic carbocycles. The van der Waals surface area contributed by atoms with E-state index in [1.807, 2.05) is 25.1 Å². The Kier molecular flexibility index (Phi) is 6.13. The summed E-state index contributed by atoms with van der Waals surface area (Å²) in [5.74, 6) is 0.472. The van der Waals surface area contributed by atoms with Crippen molar-refractivity contribution in [3.63, 3.8) is 0 Å². The molecule has 24 heavy (non-hydrogen) atoms. The first-order valence-corrected chi connectivity index (χ1v) is 7.48. The summed E-state index contributed by atoms with van der Waals surface area (Å²) in [6, 6.07) is 13.2. The van der Waals surface area contributed by atoms with Gasteiger partial charge in [0.15, 0.2) is 0 Å². The van der Waals surface area contributed by atoms with Gasteiger partial charge in [0.25, 0.3) is 5.69 Å². The lowest BCUT2D eigenvalue weighted by molar-refractivity contribution is -0.384. The molecule has 7 nitrogen and oxygen atoms in total. The van der Waals surface area contributed by atoms with E-state index in [0.29, 0.717) is 11.4 Å². The molecule has 0 aromatic heterocycles. The molecule has 0 spiro atoms. The average molecular weight is 330 g/mol. The molecule has 126 valence electrons. The summed E-state index contributed by atoms with van der Waals surface area (Å²) in [4.78, 5) is 21.7. The van der Waals surface area contributed by atoms with Crippen LogP contribution in [0.4, 0.5) is 16.2 Å². The molecule has 0 atom stereocenters. The van der Waals surface area contributed by atoms with Gasteiger partial charge in [0.05, 0.1) is 4.92 Å². The lowest BCUT2D eigenvalue weighted by Crippen LogP contribution is -2.17. The number of anilines is 1. The van der Waals surface area contributed by atoms with E-state index in [0.717, 1.165) is 12.0 Å². The van der Waals surface area contributed by atoms with Crippen LogP contribution in [0.5, 0.6) is 5.75 Å². The molecule has 0 aliphatic rings. The number of nitro benzene ring substituents is 1. The molecule has 0 radical (unpaired) electrons. The maximum Gasteiger partial charge on any atom is 0.411 e. The third-order valence-corrected chi connectivity index (χ3v) is 3.21. The van der Waals surface area contributed by atoms with Gasteiger partial charge in [-0.25, -0.2) is 4.79 Å². The zero-order valence-corrected chi connectivity index (χ0v) is 13.2. The maximum absolute atomic E-state index is 11.7. The Bertz CT molecular complexity index is 700. The minimum atomic E-state index is -0.560. The maximum atomic E-state index is 11.7. The molecule has 1 N–H and O–H groups in total. The van der Waals surface area contributed by atoms with Gasteiger partial charge in [0, 0.05) is 17.8 Å². The van der Waals surface area contributed by atoms with Crippen molar-refractivity contribution < 1.29 is 19.2 Å². The van der Waals surface area contributed by atoms with Crippen molar-refractivity contribution in [2.45, 2.75) is 13.3 Å². The van der Waals surface area contributed by atoms with E-state index in [-0.39, 0.29) is 18.9 Å². The second-order valence-corrected chi connectivity index (χ2v) is 4.91. The molecule has 7 heteroatoms. The molecule has 1 amide bonds. The minimum absolute atomic E-state index is 0.00714. The van der Waals surface area contributed by atoms with E-state index < -0.39 is 11.0 Å². The predicted octanol–water partition coefficient (Wildman–Crippen LogP) is 3.78. The Hall–Kier alpha value is -3.09. The summed E-state index contributed by atoms with van der Waals surface area (Å²) >= 11 is 0. The number of amides is 1. The van der Waals surface area contributed by atoms with Gasteiger partial charge in [-0.15, -0.1) is 0 Å². The van der Waals surface area contributed by atoms with Crippen molar-refractivity contribution in [3.8, 4) is 5.75 Å². The number of nitro groups is 1. The molecule has 2 aromatic rings. The van der Waals surface area contributed by atoms with Crippen LogP contribution in [0.25, 0.3) is 0 Å². The van der Waals surface area contributed by atoms with Crippen LogP contribution in [-0.4, -0.2) is 24.2 Å². The number of ether oxygens (including phenoxy) is 2. The smallest absolute Gasteiger partial charge is 0.411 e. The second kappa shape index (κ2) is 8.52. The number of nitrogens with one attached hydrogen (secondary N) is 1. The molecule has 2 rings (SSSR count). The van der Waals surface area contributed by atoms with Crippen molar-refractivity contribution in [3.05, 3.63) is 64.2 Å². The third kappa shape index (κ3) is 5.28. The van der Waals surface area contributed by atoms with E-state index >= 15 is 0 Å². The molecular formula is C17H18N2O5. The number of carbonyl (C=O) groups excluding carboxylic acids is 1. The van der Waals surface area contributed by atoms with E-state index in [4.69, 9.17) is 9.47 Å². The van der Waals surface area contributed by atoms with E-state index in [9.17, 15) is 14.9 Å². The number of benzene rings is 2. The zero-order chi connectivity index (χ0) is 17.4. The topological polar surface area (TPSA) is 90.7 Å². The monoisotopic (exact) mass is 330 g/mol. The molecule has 0 fully saturated rings. The average Bonchev–Trinajstić information content (AvgIpc) is 2.59. The van der Waals surface area contributed by atoms with E-state index in [1.54, 1.807) is 6.07 Å². The lowest BCUT2D eigenvalue weighted by Gasteiger charge is -2.09. The highest BCUT2D eigenvalue weighted by molar-refractivity contribution is 5.84. The molecule has 0 bridgehead atoms. The minimum Gasteiger partial charge on any atom is -0.490 e. The first-order valence-electron chi connectivity index (χ1n) is 7.48. The summed E-state index contributed by atoms with van der Waals surface area (Å²) in [6.45, 7) is 2.25. The van der Waals surface area contributed by atoms with Crippen molar-refractivity contribution in [1.29, 1.82) is 0 Å². The number of carbonyl (C=O) groups is 1. The Labute approximate surface area is 139 Å². The van der Waals surface area contributed by atoms with Crippen molar-refractivity contribution >= 4 is 17.5 Å². The summed E-state index contributed by atoms with van der Waals surface area (Å²) in [5.41, 5.74) is 1.79. The summed E-state index contributed by atoms with van der Waals surface area (Å²) < 4.78 is 10.4. The SMILES string of the molecule is CCc1cccc(NC(=O)OCCOc2ccc([N+](=O)[O-])cc2)c1. The molecule has 0 saturated heterocycles. The molecular weight excluding hydrogens is 312 g/mol. The highest BCUT2D eigenvalue weighted by Crippen LogP contribution is 2.17. The number of nitrogens with zero attached hydrogens (tertiary/aromatic N) is 1. The molecule has 0 heterocycles. The fourth-order valence-electron chi connectivity index (χ4n) is 1.98. The largest absolute Gasteiger partial charge is 0.490 e. The summed E-state index contributed by atoms with van der Waals surface area (Å²) in [6.07, 6.45) is 0.323. The van der Waals surface area contributed by atoms with Crippen LogP contribution in [-0.2, 0) is 11.2 Å². The molecule has 0 aliphatic carbocycles. The first kappa shape index (κ1) is 17.3. The van der Waals surface area contributed by atoms with Crippen LogP contribution >= 0.6 is 0 Å². The van der Waals surface area contributed by atoms with Crippen LogP contribution in [0, 0.1) is 10.1 Å². The first-order chi connectivity index (χ1) is 11.6. The number of hydrogen-bond acceptors (Lipinski definition) is 5. The standard InChI is InChI=1S/C17H18N2O5/c1-2-13-4-3-5-14(12-13)18-17(20)24-11-10-23-16-8-6-15(7-9-16)19(21)22/h3-9,12H,2,10-11H2,1H3,(H,18,20).